The summed E-state index contributed by atoms with van der Waals surface area (Å²) < 4.78 is 11.4. The van der Waals surface area contributed by atoms with Crippen molar-refractivity contribution in [2.75, 3.05) is 25.5 Å². The number of carbonyl (C=O) groups excluding carboxylic acids is 1. The summed E-state index contributed by atoms with van der Waals surface area (Å²) in [5.74, 6) is 1.90. The van der Waals surface area contributed by atoms with Crippen molar-refractivity contribution >= 4 is 39.2 Å². The van der Waals surface area contributed by atoms with Gasteiger partial charge in [0, 0.05) is 28.9 Å². The predicted octanol–water partition coefficient (Wildman–Crippen LogP) is 4.22. The highest BCUT2D eigenvalue weighted by molar-refractivity contribution is 8.00. The highest BCUT2D eigenvalue weighted by Crippen LogP contribution is 2.36. The Hall–Kier alpha value is -2.32. The number of thiophene rings is 1. The van der Waals surface area contributed by atoms with E-state index in [1.165, 1.54) is 22.2 Å². The zero-order valence-corrected chi connectivity index (χ0v) is 18.4. The van der Waals surface area contributed by atoms with E-state index in [-0.39, 0.29) is 5.91 Å². The van der Waals surface area contributed by atoms with Crippen LogP contribution in [-0.2, 0) is 11.3 Å². The SMILES string of the molecule is CCN(Cc1cccc2c1OCCO2)C(=O)CSc1ncnc2sc(C)c(C)c12. The van der Waals surface area contributed by atoms with Crippen LogP contribution in [0, 0.1) is 13.8 Å². The van der Waals surface area contributed by atoms with Crippen LogP contribution in [0.1, 0.15) is 22.9 Å². The molecule has 8 heteroatoms. The molecule has 1 aliphatic heterocycles. The monoisotopic (exact) mass is 429 g/mol. The van der Waals surface area contributed by atoms with Crippen molar-refractivity contribution < 1.29 is 14.3 Å². The first kappa shape index (κ1) is 20.0. The molecule has 0 fully saturated rings. The Morgan fingerprint density at radius 2 is 2.07 bits per heavy atom. The van der Waals surface area contributed by atoms with Gasteiger partial charge >= 0.3 is 0 Å². The van der Waals surface area contributed by atoms with Crippen LogP contribution in [-0.4, -0.2) is 46.3 Å². The second-order valence-electron chi connectivity index (χ2n) is 6.78. The van der Waals surface area contributed by atoms with Gasteiger partial charge in [-0.1, -0.05) is 23.9 Å². The maximum Gasteiger partial charge on any atom is 0.233 e. The van der Waals surface area contributed by atoms with Crippen molar-refractivity contribution in [1.29, 1.82) is 0 Å². The number of carbonyl (C=O) groups is 1. The molecule has 0 aliphatic carbocycles. The summed E-state index contributed by atoms with van der Waals surface area (Å²) in [5, 5.41) is 1.94. The summed E-state index contributed by atoms with van der Waals surface area (Å²) in [4.78, 5) is 25.8. The number of ether oxygens (including phenoxy) is 2. The molecule has 0 spiro atoms. The Bertz CT molecular complexity index is 1050. The number of amides is 1. The van der Waals surface area contributed by atoms with Gasteiger partial charge in [-0.15, -0.1) is 11.3 Å². The standard InChI is InChI=1S/C21H23N3O3S2/c1-4-24(10-15-6-5-7-16-19(15)27-9-8-26-16)17(25)11-28-20-18-13(2)14(3)29-21(18)23-12-22-20/h5-7,12H,4,8-11H2,1-3H3. The third-order valence-corrected chi connectivity index (χ3v) is 7.10. The average Bonchev–Trinajstić information content (AvgIpc) is 3.04. The van der Waals surface area contributed by atoms with E-state index in [4.69, 9.17) is 9.47 Å². The van der Waals surface area contributed by atoms with Gasteiger partial charge in [0.05, 0.1) is 5.75 Å². The van der Waals surface area contributed by atoms with Crippen molar-refractivity contribution in [2.45, 2.75) is 32.3 Å². The lowest BCUT2D eigenvalue weighted by molar-refractivity contribution is -0.128. The highest BCUT2D eigenvalue weighted by atomic mass is 32.2. The van der Waals surface area contributed by atoms with Gasteiger partial charge in [0.15, 0.2) is 11.5 Å². The van der Waals surface area contributed by atoms with Crippen LogP contribution in [0.3, 0.4) is 0 Å². The van der Waals surface area contributed by atoms with Crippen LogP contribution in [0.5, 0.6) is 11.5 Å². The summed E-state index contributed by atoms with van der Waals surface area (Å²) in [5.41, 5.74) is 2.16. The Morgan fingerprint density at radius 3 is 2.90 bits per heavy atom. The molecule has 2 aromatic heterocycles. The lowest BCUT2D eigenvalue weighted by atomic mass is 10.1. The molecule has 1 amide bonds. The zero-order chi connectivity index (χ0) is 20.4. The molecule has 3 aromatic rings. The smallest absolute Gasteiger partial charge is 0.233 e. The van der Waals surface area contributed by atoms with E-state index in [1.54, 1.807) is 17.7 Å². The molecule has 6 nitrogen and oxygen atoms in total. The van der Waals surface area contributed by atoms with Gasteiger partial charge in [-0.05, 0) is 32.4 Å². The molecule has 1 aromatic carbocycles. The lowest BCUT2D eigenvalue weighted by Crippen LogP contribution is -2.32. The second kappa shape index (κ2) is 8.59. The first-order valence-corrected chi connectivity index (χ1v) is 11.4. The van der Waals surface area contributed by atoms with E-state index in [1.807, 2.05) is 30.0 Å². The first-order chi connectivity index (χ1) is 14.1. The molecule has 0 radical (unpaired) electrons. The van der Waals surface area contributed by atoms with E-state index in [9.17, 15) is 4.79 Å². The van der Waals surface area contributed by atoms with Crippen molar-refractivity contribution in [3.05, 3.63) is 40.5 Å². The lowest BCUT2D eigenvalue weighted by Gasteiger charge is -2.25. The van der Waals surface area contributed by atoms with Gasteiger partial charge < -0.3 is 14.4 Å². The molecular formula is C21H23N3O3S2. The molecule has 0 atom stereocenters. The van der Waals surface area contributed by atoms with E-state index < -0.39 is 0 Å². The average molecular weight is 430 g/mol. The number of aromatic nitrogens is 2. The molecular weight excluding hydrogens is 406 g/mol. The first-order valence-electron chi connectivity index (χ1n) is 9.57. The Morgan fingerprint density at radius 1 is 1.24 bits per heavy atom. The summed E-state index contributed by atoms with van der Waals surface area (Å²) in [6.45, 7) is 8.37. The molecule has 4 rings (SSSR count). The third kappa shape index (κ3) is 4.04. The maximum absolute atomic E-state index is 12.9. The molecule has 0 unspecified atom stereocenters. The number of hydrogen-bond acceptors (Lipinski definition) is 7. The Labute approximate surface area is 178 Å². The minimum absolute atomic E-state index is 0.0724. The van der Waals surface area contributed by atoms with Crippen LogP contribution in [0.25, 0.3) is 10.2 Å². The quantitative estimate of drug-likeness (QED) is 0.432. The van der Waals surface area contributed by atoms with Gasteiger partial charge in [0.25, 0.3) is 0 Å². The normalized spacial score (nSPS) is 12.9. The zero-order valence-electron chi connectivity index (χ0n) is 16.7. The van der Waals surface area contributed by atoms with Crippen molar-refractivity contribution in [2.24, 2.45) is 0 Å². The number of hydrogen-bond donors (Lipinski definition) is 0. The van der Waals surface area contributed by atoms with Crippen LogP contribution < -0.4 is 9.47 Å². The molecule has 29 heavy (non-hydrogen) atoms. The van der Waals surface area contributed by atoms with Crippen LogP contribution >= 0.6 is 23.1 Å². The van der Waals surface area contributed by atoms with E-state index in [2.05, 4.69) is 23.8 Å². The maximum atomic E-state index is 12.9. The molecule has 0 saturated heterocycles. The van der Waals surface area contributed by atoms with E-state index >= 15 is 0 Å². The van der Waals surface area contributed by atoms with Crippen LogP contribution in [0.4, 0.5) is 0 Å². The molecule has 0 saturated carbocycles. The second-order valence-corrected chi connectivity index (χ2v) is 8.95. The number of rotatable bonds is 6. The van der Waals surface area contributed by atoms with E-state index in [0.717, 1.165) is 32.3 Å². The van der Waals surface area contributed by atoms with Crippen LogP contribution in [0.2, 0.25) is 0 Å². The molecule has 152 valence electrons. The number of thioether (sulfide) groups is 1. The topological polar surface area (TPSA) is 64.6 Å². The van der Waals surface area contributed by atoms with Crippen LogP contribution in [0.15, 0.2) is 29.6 Å². The largest absolute Gasteiger partial charge is 0.486 e. The molecule has 3 heterocycles. The van der Waals surface area contributed by atoms with Gasteiger partial charge in [0.2, 0.25) is 5.91 Å². The summed E-state index contributed by atoms with van der Waals surface area (Å²) in [6.07, 6.45) is 1.58. The van der Waals surface area contributed by atoms with Gasteiger partial charge in [-0.25, -0.2) is 9.97 Å². The summed E-state index contributed by atoms with van der Waals surface area (Å²) in [7, 11) is 0. The Kier molecular flexibility index (Phi) is 5.91. The number of benzene rings is 1. The Balaban J connectivity index is 1.48. The fraction of sp³-hybridized carbons (Fsp3) is 0.381. The third-order valence-electron chi connectivity index (χ3n) is 5.01. The molecule has 0 N–H and O–H groups in total. The van der Waals surface area contributed by atoms with Gasteiger partial charge in [0.1, 0.15) is 29.4 Å². The minimum Gasteiger partial charge on any atom is -0.486 e. The molecule has 1 aliphatic rings. The van der Waals surface area contributed by atoms with Gasteiger partial charge in [-0.2, -0.15) is 0 Å². The fourth-order valence-corrected chi connectivity index (χ4v) is 5.34. The summed E-state index contributed by atoms with van der Waals surface area (Å²) >= 11 is 3.14. The van der Waals surface area contributed by atoms with Gasteiger partial charge in [-0.3, -0.25) is 4.79 Å². The van der Waals surface area contributed by atoms with Crippen molar-refractivity contribution in [3.63, 3.8) is 0 Å². The summed E-state index contributed by atoms with van der Waals surface area (Å²) in [6, 6.07) is 5.83. The minimum atomic E-state index is 0.0724. The number of nitrogens with zero attached hydrogens (tertiary/aromatic N) is 3. The number of aryl methyl sites for hydroxylation is 2. The number of para-hydroxylation sites is 1. The fourth-order valence-electron chi connectivity index (χ4n) is 3.32. The van der Waals surface area contributed by atoms with Crippen molar-refractivity contribution in [1.82, 2.24) is 14.9 Å². The predicted molar refractivity (Wildman–Crippen MR) is 116 cm³/mol. The highest BCUT2D eigenvalue weighted by Gasteiger charge is 2.20. The van der Waals surface area contributed by atoms with E-state index in [0.29, 0.717) is 32.1 Å². The van der Waals surface area contributed by atoms with Crippen molar-refractivity contribution in [3.8, 4) is 11.5 Å². The number of fused-ring (bicyclic) bond motifs is 2. The molecule has 0 bridgehead atoms.